The summed E-state index contributed by atoms with van der Waals surface area (Å²) in [6.07, 6.45) is 0. The minimum Gasteiger partial charge on any atom is -0.353 e. The molecule has 2 amide bonds. The molecule has 2 N–H and O–H groups in total. The van der Waals surface area contributed by atoms with Crippen LogP contribution in [0.2, 0.25) is 0 Å². The first-order chi connectivity index (χ1) is 10.5. The van der Waals surface area contributed by atoms with Crippen molar-refractivity contribution < 1.29 is 9.59 Å². The molecule has 0 radical (unpaired) electrons. The van der Waals surface area contributed by atoms with Crippen LogP contribution in [0.15, 0.2) is 17.5 Å². The largest absolute Gasteiger partial charge is 0.353 e. The fourth-order valence-electron chi connectivity index (χ4n) is 2.14. The van der Waals surface area contributed by atoms with E-state index in [-0.39, 0.29) is 17.7 Å². The number of rotatable bonds is 9. The molecule has 6 heteroatoms. The predicted molar refractivity (Wildman–Crippen MR) is 91.2 cm³/mol. The smallest absolute Gasteiger partial charge is 0.262 e. The van der Waals surface area contributed by atoms with Gasteiger partial charge in [-0.05, 0) is 30.5 Å². The summed E-state index contributed by atoms with van der Waals surface area (Å²) in [5.74, 6) is -0.267. The van der Waals surface area contributed by atoms with Crippen LogP contribution in [-0.2, 0) is 4.79 Å². The average molecular weight is 325 g/mol. The molecule has 0 saturated heterocycles. The zero-order chi connectivity index (χ0) is 16.5. The van der Waals surface area contributed by atoms with Crippen molar-refractivity contribution in [3.8, 4) is 0 Å². The highest BCUT2D eigenvalue weighted by Crippen LogP contribution is 2.10. The number of hydrogen-bond acceptors (Lipinski definition) is 4. The van der Waals surface area contributed by atoms with Gasteiger partial charge in [-0.15, -0.1) is 11.3 Å². The number of carbonyl (C=O) groups excluding carboxylic acids is 2. The van der Waals surface area contributed by atoms with E-state index in [1.807, 2.05) is 25.3 Å². The molecule has 0 aliphatic heterocycles. The maximum Gasteiger partial charge on any atom is 0.262 e. The van der Waals surface area contributed by atoms with E-state index in [2.05, 4.69) is 29.4 Å². The van der Waals surface area contributed by atoms with E-state index >= 15 is 0 Å². The highest BCUT2D eigenvalue weighted by atomic mass is 32.1. The summed E-state index contributed by atoms with van der Waals surface area (Å²) in [7, 11) is 0. The van der Waals surface area contributed by atoms with Crippen molar-refractivity contribution in [1.29, 1.82) is 0 Å². The van der Waals surface area contributed by atoms with E-state index in [1.165, 1.54) is 11.3 Å². The Kier molecular flexibility index (Phi) is 8.12. The lowest BCUT2D eigenvalue weighted by molar-refractivity contribution is -0.124. The quantitative estimate of drug-likeness (QED) is 0.729. The van der Waals surface area contributed by atoms with Crippen molar-refractivity contribution in [2.75, 3.05) is 26.2 Å². The van der Waals surface area contributed by atoms with Gasteiger partial charge < -0.3 is 15.5 Å². The second-order valence-electron chi connectivity index (χ2n) is 5.49. The average Bonchev–Trinajstić information content (AvgIpc) is 3.02. The van der Waals surface area contributed by atoms with Crippen LogP contribution in [0, 0.1) is 5.92 Å². The first-order valence-corrected chi connectivity index (χ1v) is 8.71. The normalized spacial score (nSPS) is 12.5. The molecule has 0 aromatic carbocycles. The summed E-state index contributed by atoms with van der Waals surface area (Å²) in [5, 5.41) is 7.60. The Hall–Kier alpha value is -1.40. The highest BCUT2D eigenvalue weighted by molar-refractivity contribution is 7.12. The number of amides is 2. The van der Waals surface area contributed by atoms with Crippen LogP contribution < -0.4 is 10.6 Å². The molecule has 5 nitrogen and oxygen atoms in total. The van der Waals surface area contributed by atoms with Gasteiger partial charge in [-0.25, -0.2) is 0 Å². The first-order valence-electron chi connectivity index (χ1n) is 7.84. The monoisotopic (exact) mass is 325 g/mol. The topological polar surface area (TPSA) is 61.4 Å². The molecule has 0 saturated carbocycles. The molecule has 0 aliphatic rings. The Morgan fingerprint density at radius 3 is 2.45 bits per heavy atom. The van der Waals surface area contributed by atoms with Crippen molar-refractivity contribution in [2.45, 2.75) is 33.7 Å². The molecule has 0 fully saturated rings. The van der Waals surface area contributed by atoms with Gasteiger partial charge in [0.2, 0.25) is 5.91 Å². The number of nitrogens with zero attached hydrogens (tertiary/aromatic N) is 1. The van der Waals surface area contributed by atoms with Crippen LogP contribution in [-0.4, -0.2) is 48.9 Å². The lowest BCUT2D eigenvalue weighted by atomic mass is 10.0. The molecule has 1 aromatic rings. The second-order valence-corrected chi connectivity index (χ2v) is 6.44. The molecule has 1 unspecified atom stereocenters. The number of carbonyl (C=O) groups is 2. The van der Waals surface area contributed by atoms with Gasteiger partial charge in [0.05, 0.1) is 4.88 Å². The van der Waals surface area contributed by atoms with E-state index in [0.717, 1.165) is 19.6 Å². The van der Waals surface area contributed by atoms with E-state index in [0.29, 0.717) is 11.4 Å². The van der Waals surface area contributed by atoms with Crippen molar-refractivity contribution in [3.63, 3.8) is 0 Å². The summed E-state index contributed by atoms with van der Waals surface area (Å²) in [6.45, 7) is 11.4. The minimum absolute atomic E-state index is 0.0392. The van der Waals surface area contributed by atoms with Gasteiger partial charge >= 0.3 is 0 Å². The fourth-order valence-corrected chi connectivity index (χ4v) is 2.77. The maximum absolute atomic E-state index is 12.3. The van der Waals surface area contributed by atoms with Gasteiger partial charge in [0.25, 0.3) is 5.91 Å². The number of hydrogen-bond donors (Lipinski definition) is 2. The molecule has 0 bridgehead atoms. The number of thiophene rings is 1. The molecular weight excluding hydrogens is 298 g/mol. The van der Waals surface area contributed by atoms with Crippen LogP contribution in [0.5, 0.6) is 0 Å². The van der Waals surface area contributed by atoms with E-state index in [9.17, 15) is 9.59 Å². The third kappa shape index (κ3) is 5.77. The fraction of sp³-hybridized carbons (Fsp3) is 0.625. The summed E-state index contributed by atoms with van der Waals surface area (Å²) in [4.78, 5) is 27.3. The van der Waals surface area contributed by atoms with E-state index in [4.69, 9.17) is 0 Å². The molecule has 1 heterocycles. The van der Waals surface area contributed by atoms with Gasteiger partial charge in [-0.1, -0.05) is 33.8 Å². The Balaban J connectivity index is 2.51. The van der Waals surface area contributed by atoms with Crippen LogP contribution in [0.4, 0.5) is 0 Å². The molecule has 1 atom stereocenters. The molecule has 0 aliphatic carbocycles. The van der Waals surface area contributed by atoms with Crippen LogP contribution in [0.25, 0.3) is 0 Å². The number of nitrogens with one attached hydrogen (secondary N) is 2. The van der Waals surface area contributed by atoms with Gasteiger partial charge in [0, 0.05) is 13.1 Å². The number of likely N-dealkylation sites (N-methyl/N-ethyl adjacent to an activating group) is 1. The third-order valence-corrected chi connectivity index (χ3v) is 4.47. The standard InChI is InChI=1S/C16H27N3O2S/c1-5-19(6-2)10-9-17-16(21)14(12(3)4)18-15(20)13-8-7-11-22-13/h7-8,11-12,14H,5-6,9-10H2,1-4H3,(H,17,21)(H,18,20). The van der Waals surface area contributed by atoms with Crippen LogP contribution >= 0.6 is 11.3 Å². The Morgan fingerprint density at radius 2 is 1.95 bits per heavy atom. The first kappa shape index (κ1) is 18.6. The summed E-state index contributed by atoms with van der Waals surface area (Å²) in [6, 6.07) is 3.08. The summed E-state index contributed by atoms with van der Waals surface area (Å²) < 4.78 is 0. The summed E-state index contributed by atoms with van der Waals surface area (Å²) in [5.41, 5.74) is 0. The SMILES string of the molecule is CCN(CC)CCNC(=O)C(NC(=O)c1cccs1)C(C)C. The Bertz CT molecular complexity index is 456. The summed E-state index contributed by atoms with van der Waals surface area (Å²) >= 11 is 1.37. The van der Waals surface area contributed by atoms with Gasteiger partial charge in [-0.2, -0.15) is 0 Å². The molecule has 1 rings (SSSR count). The molecule has 0 spiro atoms. The highest BCUT2D eigenvalue weighted by Gasteiger charge is 2.24. The van der Waals surface area contributed by atoms with Gasteiger partial charge in [-0.3, -0.25) is 9.59 Å². The molecule has 22 heavy (non-hydrogen) atoms. The molecule has 1 aromatic heterocycles. The van der Waals surface area contributed by atoms with Gasteiger partial charge in [0.15, 0.2) is 0 Å². The van der Waals surface area contributed by atoms with Crippen molar-refractivity contribution in [1.82, 2.24) is 15.5 Å². The zero-order valence-corrected chi connectivity index (χ0v) is 14.7. The minimum atomic E-state index is -0.508. The third-order valence-electron chi connectivity index (χ3n) is 3.60. The lowest BCUT2D eigenvalue weighted by Gasteiger charge is -2.23. The molecule has 124 valence electrons. The van der Waals surface area contributed by atoms with Crippen molar-refractivity contribution in [2.24, 2.45) is 5.92 Å². The van der Waals surface area contributed by atoms with Crippen molar-refractivity contribution in [3.05, 3.63) is 22.4 Å². The van der Waals surface area contributed by atoms with E-state index < -0.39 is 6.04 Å². The lowest BCUT2D eigenvalue weighted by Crippen LogP contribution is -2.50. The second kappa shape index (κ2) is 9.58. The van der Waals surface area contributed by atoms with Gasteiger partial charge in [0.1, 0.15) is 6.04 Å². The Morgan fingerprint density at radius 1 is 1.27 bits per heavy atom. The predicted octanol–water partition coefficient (Wildman–Crippen LogP) is 1.96. The molecular formula is C16H27N3O2S. The van der Waals surface area contributed by atoms with Crippen LogP contribution in [0.3, 0.4) is 0 Å². The maximum atomic E-state index is 12.3. The van der Waals surface area contributed by atoms with Crippen molar-refractivity contribution >= 4 is 23.2 Å². The Labute approximate surface area is 137 Å². The van der Waals surface area contributed by atoms with E-state index in [1.54, 1.807) is 6.07 Å². The van der Waals surface area contributed by atoms with Crippen LogP contribution in [0.1, 0.15) is 37.4 Å². The zero-order valence-electron chi connectivity index (χ0n) is 13.9.